The van der Waals surface area contributed by atoms with Gasteiger partial charge in [-0.25, -0.2) is 12.8 Å². The average molecular weight is 410 g/mol. The van der Waals surface area contributed by atoms with Crippen LogP contribution in [-0.4, -0.2) is 46.9 Å². The molecule has 0 aliphatic carbocycles. The molecule has 0 aliphatic rings. The zero-order valence-corrected chi connectivity index (χ0v) is 16.7. The van der Waals surface area contributed by atoms with Crippen LogP contribution in [0, 0.1) is 5.82 Å². The van der Waals surface area contributed by atoms with Gasteiger partial charge in [0.15, 0.2) is 0 Å². The largest absolute Gasteiger partial charge is 0.497 e. The van der Waals surface area contributed by atoms with Gasteiger partial charge in [0.2, 0.25) is 15.9 Å². The summed E-state index contributed by atoms with van der Waals surface area (Å²) in [5, 5.41) is 2.64. The van der Waals surface area contributed by atoms with E-state index in [4.69, 9.17) is 9.47 Å². The van der Waals surface area contributed by atoms with E-state index in [2.05, 4.69) is 5.32 Å². The molecule has 0 aromatic heterocycles. The molecular weight excluding hydrogens is 387 g/mol. The van der Waals surface area contributed by atoms with Gasteiger partial charge >= 0.3 is 0 Å². The maximum atomic E-state index is 13.1. The number of rotatable bonds is 9. The Morgan fingerprint density at radius 2 is 1.68 bits per heavy atom. The molecule has 0 aliphatic heterocycles. The number of hydrogen-bond donors (Lipinski definition) is 1. The Morgan fingerprint density at radius 3 is 2.21 bits per heavy atom. The standard InChI is InChI=1S/C19H23FN2O5S/c1-14(22(28(3,24)25)16-6-4-15(20)5-7-16)19(23)21-12-13-27-18-10-8-17(26-2)9-11-18/h4-11,14H,12-13H2,1-3H3,(H,21,23)/t14-/m1/s1. The number of sulfonamides is 1. The SMILES string of the molecule is COc1ccc(OCCNC(=O)[C@@H](C)N(c2ccc(F)cc2)S(C)(=O)=O)cc1. The summed E-state index contributed by atoms with van der Waals surface area (Å²) in [6, 6.07) is 10.9. The van der Waals surface area contributed by atoms with Crippen LogP contribution in [0.2, 0.25) is 0 Å². The van der Waals surface area contributed by atoms with Crippen LogP contribution < -0.4 is 19.1 Å². The van der Waals surface area contributed by atoms with Crippen molar-refractivity contribution in [3.63, 3.8) is 0 Å². The van der Waals surface area contributed by atoms with E-state index in [1.165, 1.54) is 19.1 Å². The first-order chi connectivity index (χ1) is 13.2. The normalized spacial score (nSPS) is 12.1. The maximum absolute atomic E-state index is 13.1. The van der Waals surface area contributed by atoms with Crippen molar-refractivity contribution in [3.8, 4) is 11.5 Å². The van der Waals surface area contributed by atoms with Gasteiger partial charge in [0.05, 0.1) is 25.6 Å². The van der Waals surface area contributed by atoms with E-state index in [9.17, 15) is 17.6 Å². The molecule has 0 saturated heterocycles. The zero-order chi connectivity index (χ0) is 20.7. The molecule has 2 rings (SSSR count). The minimum Gasteiger partial charge on any atom is -0.497 e. The van der Waals surface area contributed by atoms with Crippen LogP contribution in [0.15, 0.2) is 48.5 Å². The van der Waals surface area contributed by atoms with Crippen molar-refractivity contribution in [1.82, 2.24) is 5.32 Å². The van der Waals surface area contributed by atoms with Crippen LogP contribution in [0.3, 0.4) is 0 Å². The first kappa shape index (κ1) is 21.5. The summed E-state index contributed by atoms with van der Waals surface area (Å²) >= 11 is 0. The Kier molecular flexibility index (Phi) is 7.22. The summed E-state index contributed by atoms with van der Waals surface area (Å²) in [5.41, 5.74) is 0.209. The van der Waals surface area contributed by atoms with Crippen LogP contribution in [0.5, 0.6) is 11.5 Å². The Labute approximate surface area is 164 Å². The molecule has 0 heterocycles. The average Bonchev–Trinajstić information content (AvgIpc) is 2.66. The summed E-state index contributed by atoms with van der Waals surface area (Å²) in [4.78, 5) is 12.4. The summed E-state index contributed by atoms with van der Waals surface area (Å²) in [5.74, 6) is 0.335. The fraction of sp³-hybridized carbons (Fsp3) is 0.316. The van der Waals surface area contributed by atoms with Gasteiger partial charge in [0.25, 0.3) is 0 Å². The maximum Gasteiger partial charge on any atom is 0.243 e. The molecule has 28 heavy (non-hydrogen) atoms. The number of nitrogens with one attached hydrogen (secondary N) is 1. The number of benzene rings is 2. The predicted octanol–water partition coefficient (Wildman–Crippen LogP) is 2.18. The van der Waals surface area contributed by atoms with Crippen molar-refractivity contribution in [2.45, 2.75) is 13.0 Å². The zero-order valence-electron chi connectivity index (χ0n) is 15.9. The second kappa shape index (κ2) is 9.41. The van der Waals surface area contributed by atoms with Crippen molar-refractivity contribution in [2.24, 2.45) is 0 Å². The van der Waals surface area contributed by atoms with Gasteiger partial charge in [-0.2, -0.15) is 0 Å². The van der Waals surface area contributed by atoms with Crippen LogP contribution >= 0.6 is 0 Å². The van der Waals surface area contributed by atoms with Crippen LogP contribution in [0.1, 0.15) is 6.92 Å². The Bertz CT molecular complexity index is 886. The molecule has 7 nitrogen and oxygen atoms in total. The summed E-state index contributed by atoms with van der Waals surface area (Å²) in [6.07, 6.45) is 0.993. The molecule has 1 N–H and O–H groups in total. The molecule has 0 spiro atoms. The number of halogens is 1. The van der Waals surface area contributed by atoms with E-state index in [-0.39, 0.29) is 18.8 Å². The number of anilines is 1. The quantitative estimate of drug-likeness (QED) is 0.641. The van der Waals surface area contributed by atoms with Crippen LogP contribution in [0.4, 0.5) is 10.1 Å². The number of carbonyl (C=O) groups is 1. The number of amides is 1. The molecule has 9 heteroatoms. The first-order valence-corrected chi connectivity index (χ1v) is 10.4. The molecule has 152 valence electrons. The van der Waals surface area contributed by atoms with E-state index in [0.717, 1.165) is 22.7 Å². The van der Waals surface area contributed by atoms with Gasteiger partial charge in [-0.1, -0.05) is 0 Å². The van der Waals surface area contributed by atoms with Crippen LogP contribution in [0.25, 0.3) is 0 Å². The van der Waals surface area contributed by atoms with Crippen molar-refractivity contribution < 1.29 is 27.1 Å². The van der Waals surface area contributed by atoms with Gasteiger partial charge in [-0.15, -0.1) is 0 Å². The molecule has 0 fully saturated rings. The van der Waals surface area contributed by atoms with E-state index in [0.29, 0.717) is 11.5 Å². The van der Waals surface area contributed by atoms with Gasteiger partial charge in [-0.3, -0.25) is 9.10 Å². The second-order valence-electron chi connectivity index (χ2n) is 6.03. The summed E-state index contributed by atoms with van der Waals surface area (Å²) in [7, 11) is -2.18. The topological polar surface area (TPSA) is 84.9 Å². The highest BCUT2D eigenvalue weighted by Crippen LogP contribution is 2.21. The Balaban J connectivity index is 1.94. The molecule has 1 atom stereocenters. The molecule has 0 radical (unpaired) electrons. The van der Waals surface area contributed by atoms with Gasteiger partial charge in [-0.05, 0) is 55.5 Å². The van der Waals surface area contributed by atoms with Gasteiger partial charge < -0.3 is 14.8 Å². The minimum absolute atomic E-state index is 0.191. The van der Waals surface area contributed by atoms with E-state index < -0.39 is 27.8 Å². The fourth-order valence-corrected chi connectivity index (χ4v) is 3.73. The highest BCUT2D eigenvalue weighted by atomic mass is 32.2. The second-order valence-corrected chi connectivity index (χ2v) is 7.89. The predicted molar refractivity (Wildman–Crippen MR) is 105 cm³/mol. The molecule has 2 aromatic rings. The van der Waals surface area contributed by atoms with Crippen LogP contribution in [-0.2, 0) is 14.8 Å². The third kappa shape index (κ3) is 5.85. The molecule has 0 bridgehead atoms. The lowest BCUT2D eigenvalue weighted by Crippen LogP contribution is -2.48. The van der Waals surface area contributed by atoms with Crippen molar-refractivity contribution >= 4 is 21.6 Å². The number of hydrogen-bond acceptors (Lipinski definition) is 5. The molecule has 0 saturated carbocycles. The monoisotopic (exact) mass is 410 g/mol. The minimum atomic E-state index is -3.75. The Hall–Kier alpha value is -2.81. The summed E-state index contributed by atoms with van der Waals surface area (Å²) < 4.78 is 48.9. The highest BCUT2D eigenvalue weighted by molar-refractivity contribution is 7.92. The molecule has 1 amide bonds. The number of ether oxygens (including phenoxy) is 2. The molecular formula is C19H23FN2O5S. The van der Waals surface area contributed by atoms with Gasteiger partial charge in [0, 0.05) is 0 Å². The third-order valence-electron chi connectivity index (χ3n) is 3.90. The lowest BCUT2D eigenvalue weighted by Gasteiger charge is -2.28. The smallest absolute Gasteiger partial charge is 0.243 e. The highest BCUT2D eigenvalue weighted by Gasteiger charge is 2.28. The lowest BCUT2D eigenvalue weighted by molar-refractivity contribution is -0.121. The summed E-state index contributed by atoms with van der Waals surface area (Å²) in [6.45, 7) is 1.86. The van der Waals surface area contributed by atoms with Crippen molar-refractivity contribution in [3.05, 3.63) is 54.3 Å². The number of nitrogens with zero attached hydrogens (tertiary/aromatic N) is 1. The number of carbonyl (C=O) groups excluding carboxylic acids is 1. The van der Waals surface area contributed by atoms with E-state index in [1.807, 2.05) is 0 Å². The molecule has 2 aromatic carbocycles. The molecule has 0 unspecified atom stereocenters. The van der Waals surface area contributed by atoms with Crippen molar-refractivity contribution in [1.29, 1.82) is 0 Å². The third-order valence-corrected chi connectivity index (χ3v) is 5.14. The van der Waals surface area contributed by atoms with Gasteiger partial charge in [0.1, 0.15) is 30.0 Å². The lowest BCUT2D eigenvalue weighted by atomic mass is 10.2. The van der Waals surface area contributed by atoms with E-state index in [1.54, 1.807) is 31.4 Å². The van der Waals surface area contributed by atoms with Crippen molar-refractivity contribution in [2.75, 3.05) is 30.8 Å². The van der Waals surface area contributed by atoms with E-state index >= 15 is 0 Å². The fourth-order valence-electron chi connectivity index (χ4n) is 2.56. The first-order valence-electron chi connectivity index (χ1n) is 8.52. The Morgan fingerprint density at radius 1 is 1.11 bits per heavy atom. The number of methoxy groups -OCH3 is 1.